The Labute approximate surface area is 166 Å². The second kappa shape index (κ2) is 8.71. The van der Waals surface area contributed by atoms with E-state index in [4.69, 9.17) is 4.74 Å². The van der Waals surface area contributed by atoms with Crippen LogP contribution in [-0.2, 0) is 4.74 Å². The zero-order chi connectivity index (χ0) is 20.8. The van der Waals surface area contributed by atoms with Gasteiger partial charge in [-0.2, -0.15) is 0 Å². The van der Waals surface area contributed by atoms with E-state index in [0.717, 1.165) is 6.07 Å². The maximum atomic E-state index is 12.2. The smallest absolute Gasteiger partial charge is 0.342 e. The number of rotatable bonds is 6. The molecule has 0 radical (unpaired) electrons. The molecule has 1 amide bonds. The number of hydrogen-bond acceptors (Lipinski definition) is 6. The van der Waals surface area contributed by atoms with E-state index in [2.05, 4.69) is 5.32 Å². The highest BCUT2D eigenvalue weighted by atomic mass is 16.5. The van der Waals surface area contributed by atoms with Crippen LogP contribution in [0.25, 0.3) is 0 Å². The third kappa shape index (κ3) is 4.98. The molecule has 3 aromatic carbocycles. The molecule has 3 rings (SSSR count). The number of anilines is 1. The van der Waals surface area contributed by atoms with Crippen molar-refractivity contribution < 1.29 is 29.3 Å². The number of carbonyl (C=O) groups excluding carboxylic acids is 3. The molecule has 0 saturated carbocycles. The fourth-order valence-corrected chi connectivity index (χ4v) is 2.52. The van der Waals surface area contributed by atoms with Gasteiger partial charge in [-0.1, -0.05) is 18.2 Å². The number of nitrogens with one attached hydrogen (secondary N) is 1. The van der Waals surface area contributed by atoms with E-state index in [9.17, 15) is 24.6 Å². The van der Waals surface area contributed by atoms with Gasteiger partial charge in [-0.05, 0) is 48.5 Å². The van der Waals surface area contributed by atoms with Gasteiger partial charge in [0, 0.05) is 22.9 Å². The van der Waals surface area contributed by atoms with Crippen molar-refractivity contribution in [1.29, 1.82) is 0 Å². The Morgan fingerprint density at radius 1 is 0.828 bits per heavy atom. The normalized spacial score (nSPS) is 10.2. The maximum absolute atomic E-state index is 12.2. The van der Waals surface area contributed by atoms with Crippen LogP contribution in [0.3, 0.4) is 0 Å². The predicted molar refractivity (Wildman–Crippen MR) is 105 cm³/mol. The molecule has 146 valence electrons. The molecule has 0 spiro atoms. The summed E-state index contributed by atoms with van der Waals surface area (Å²) in [6.07, 6.45) is 0. The lowest BCUT2D eigenvalue weighted by molar-refractivity contribution is 0.0471. The molecule has 3 N–H and O–H groups in total. The van der Waals surface area contributed by atoms with Crippen molar-refractivity contribution in [2.24, 2.45) is 0 Å². The van der Waals surface area contributed by atoms with E-state index < -0.39 is 24.1 Å². The molecule has 0 saturated heterocycles. The standard InChI is InChI=1S/C22H17NO6/c24-17-10-11-18(19(25)12-17)22(28)29-13-20(26)14-6-8-16(9-7-14)23-21(27)15-4-2-1-3-5-15/h1-12,24-25H,13H2,(H,23,27). The third-order valence-electron chi connectivity index (χ3n) is 4.04. The van der Waals surface area contributed by atoms with Gasteiger partial charge in [0.2, 0.25) is 0 Å². The van der Waals surface area contributed by atoms with Crippen molar-refractivity contribution >= 4 is 23.3 Å². The van der Waals surface area contributed by atoms with Crippen LogP contribution in [0.5, 0.6) is 11.5 Å². The van der Waals surface area contributed by atoms with Crippen molar-refractivity contribution in [3.05, 3.63) is 89.5 Å². The zero-order valence-electron chi connectivity index (χ0n) is 15.2. The Bertz CT molecular complexity index is 1040. The highest BCUT2D eigenvalue weighted by Crippen LogP contribution is 2.23. The van der Waals surface area contributed by atoms with Crippen LogP contribution in [0.4, 0.5) is 5.69 Å². The molecule has 3 aromatic rings. The van der Waals surface area contributed by atoms with Crippen molar-refractivity contribution in [3.8, 4) is 11.5 Å². The first-order chi connectivity index (χ1) is 13.9. The van der Waals surface area contributed by atoms with Crippen LogP contribution in [0, 0.1) is 0 Å². The molecule has 7 nitrogen and oxygen atoms in total. The Kier molecular flexibility index (Phi) is 5.89. The number of benzene rings is 3. The first kappa shape index (κ1) is 19.6. The first-order valence-electron chi connectivity index (χ1n) is 8.63. The summed E-state index contributed by atoms with van der Waals surface area (Å²) in [6, 6.07) is 18.3. The van der Waals surface area contributed by atoms with Crippen LogP contribution in [0.15, 0.2) is 72.8 Å². The SMILES string of the molecule is O=C(COC(=O)c1ccc(O)cc1O)c1ccc(NC(=O)c2ccccc2)cc1. The number of phenolic OH excluding ortho intramolecular Hbond substituents is 2. The topological polar surface area (TPSA) is 113 Å². The highest BCUT2D eigenvalue weighted by molar-refractivity contribution is 6.05. The summed E-state index contributed by atoms with van der Waals surface area (Å²) >= 11 is 0. The van der Waals surface area contributed by atoms with Crippen molar-refractivity contribution in [3.63, 3.8) is 0 Å². The van der Waals surface area contributed by atoms with Crippen molar-refractivity contribution in [2.45, 2.75) is 0 Å². The van der Waals surface area contributed by atoms with Crippen LogP contribution in [0.2, 0.25) is 0 Å². The third-order valence-corrected chi connectivity index (χ3v) is 4.04. The minimum absolute atomic E-state index is 0.158. The number of ketones is 1. The molecule has 0 fully saturated rings. The molecule has 29 heavy (non-hydrogen) atoms. The quantitative estimate of drug-likeness (QED) is 0.439. The molecule has 0 aliphatic heterocycles. The van der Waals surface area contributed by atoms with Crippen molar-refractivity contribution in [2.75, 3.05) is 11.9 Å². The van der Waals surface area contributed by atoms with E-state index in [1.165, 1.54) is 24.3 Å². The first-order valence-corrected chi connectivity index (χ1v) is 8.63. The lowest BCUT2D eigenvalue weighted by Crippen LogP contribution is -2.15. The molecule has 0 aliphatic carbocycles. The largest absolute Gasteiger partial charge is 0.508 e. The second-order valence-electron chi connectivity index (χ2n) is 6.10. The Morgan fingerprint density at radius 2 is 1.52 bits per heavy atom. The number of hydrogen-bond donors (Lipinski definition) is 3. The molecule has 0 bridgehead atoms. The summed E-state index contributed by atoms with van der Waals surface area (Å²) in [5.41, 5.74) is 1.17. The van der Waals surface area contributed by atoms with Gasteiger partial charge < -0.3 is 20.3 Å². The van der Waals surface area contributed by atoms with Gasteiger partial charge in [-0.3, -0.25) is 9.59 Å². The summed E-state index contributed by atoms with van der Waals surface area (Å²) in [7, 11) is 0. The van der Waals surface area contributed by atoms with Gasteiger partial charge >= 0.3 is 5.97 Å². The van der Waals surface area contributed by atoms with Gasteiger partial charge in [-0.25, -0.2) is 4.79 Å². The van der Waals surface area contributed by atoms with Crippen LogP contribution >= 0.6 is 0 Å². The molecule has 0 heterocycles. The Hall–Kier alpha value is -4.13. The monoisotopic (exact) mass is 391 g/mol. The lowest BCUT2D eigenvalue weighted by Gasteiger charge is -2.08. The second-order valence-corrected chi connectivity index (χ2v) is 6.10. The lowest BCUT2D eigenvalue weighted by atomic mass is 10.1. The molecule has 0 aliphatic rings. The minimum Gasteiger partial charge on any atom is -0.508 e. The highest BCUT2D eigenvalue weighted by Gasteiger charge is 2.16. The summed E-state index contributed by atoms with van der Waals surface area (Å²) in [6.45, 7) is -0.519. The van der Waals surface area contributed by atoms with E-state index in [1.54, 1.807) is 36.4 Å². The van der Waals surface area contributed by atoms with Crippen LogP contribution in [-0.4, -0.2) is 34.5 Å². The number of phenols is 2. The van der Waals surface area contributed by atoms with E-state index >= 15 is 0 Å². The number of carbonyl (C=O) groups is 3. The summed E-state index contributed by atoms with van der Waals surface area (Å²) < 4.78 is 4.92. The average Bonchev–Trinajstić information content (AvgIpc) is 2.73. The number of aromatic hydroxyl groups is 2. The predicted octanol–water partition coefficient (Wildman–Crippen LogP) is 3.39. The van der Waals surface area contributed by atoms with Gasteiger partial charge in [0.05, 0.1) is 0 Å². The molecule has 0 atom stereocenters. The van der Waals surface area contributed by atoms with Crippen LogP contribution in [0.1, 0.15) is 31.1 Å². The summed E-state index contributed by atoms with van der Waals surface area (Å²) in [4.78, 5) is 36.3. The number of ether oxygens (including phenoxy) is 1. The summed E-state index contributed by atoms with van der Waals surface area (Å²) in [5.74, 6) is -2.25. The molecular weight excluding hydrogens is 374 g/mol. The average molecular weight is 391 g/mol. The fraction of sp³-hybridized carbons (Fsp3) is 0.0455. The van der Waals surface area contributed by atoms with Gasteiger partial charge in [0.25, 0.3) is 5.91 Å². The fourth-order valence-electron chi connectivity index (χ4n) is 2.52. The summed E-state index contributed by atoms with van der Waals surface area (Å²) in [5, 5.41) is 21.6. The van der Waals surface area contributed by atoms with Gasteiger partial charge in [0.15, 0.2) is 12.4 Å². The Balaban J connectivity index is 1.57. The number of esters is 1. The van der Waals surface area contributed by atoms with Crippen LogP contribution < -0.4 is 5.32 Å². The number of amides is 1. The van der Waals surface area contributed by atoms with E-state index in [-0.39, 0.29) is 17.2 Å². The van der Waals surface area contributed by atoms with E-state index in [1.807, 2.05) is 6.07 Å². The van der Waals surface area contributed by atoms with Gasteiger partial charge in [-0.15, -0.1) is 0 Å². The zero-order valence-corrected chi connectivity index (χ0v) is 15.2. The number of Topliss-reactive ketones (excluding diaryl/α,β-unsaturated/α-hetero) is 1. The minimum atomic E-state index is -0.886. The molecule has 0 aromatic heterocycles. The molecule has 7 heteroatoms. The molecule has 0 unspecified atom stereocenters. The molecular formula is C22H17NO6. The Morgan fingerprint density at radius 3 is 2.17 bits per heavy atom. The maximum Gasteiger partial charge on any atom is 0.342 e. The van der Waals surface area contributed by atoms with Crippen molar-refractivity contribution in [1.82, 2.24) is 0 Å². The van der Waals surface area contributed by atoms with Gasteiger partial charge in [0.1, 0.15) is 17.1 Å². The van der Waals surface area contributed by atoms with E-state index in [0.29, 0.717) is 16.8 Å².